The number of nitrogens with one attached hydrogen (secondary N) is 1. The normalized spacial score (nSPS) is 18.3. The Bertz CT molecular complexity index is 1300. The molecule has 11 nitrogen and oxygen atoms in total. The van der Waals surface area contributed by atoms with Gasteiger partial charge in [0.25, 0.3) is 0 Å². The van der Waals surface area contributed by atoms with Crippen molar-refractivity contribution in [2.24, 2.45) is 0 Å². The maximum atomic E-state index is 11.8. The summed E-state index contributed by atoms with van der Waals surface area (Å²) in [5.41, 5.74) is 0.771. The van der Waals surface area contributed by atoms with E-state index in [-0.39, 0.29) is 6.04 Å². The number of hydrogen-bond acceptors (Lipinski definition) is 11. The van der Waals surface area contributed by atoms with Crippen molar-refractivity contribution in [1.82, 2.24) is 29.1 Å². The Morgan fingerprint density at radius 1 is 1.06 bits per heavy atom. The van der Waals surface area contributed by atoms with Gasteiger partial charge in [-0.3, -0.25) is 4.90 Å². The van der Waals surface area contributed by atoms with Crippen LogP contribution in [0.15, 0.2) is 18.5 Å². The second-order valence-corrected chi connectivity index (χ2v) is 12.5. The van der Waals surface area contributed by atoms with Crippen LogP contribution in [-0.2, 0) is 21.3 Å². The molecule has 36 heavy (non-hydrogen) atoms. The summed E-state index contributed by atoms with van der Waals surface area (Å²) in [7, 11) is -3.14. The molecule has 5 heterocycles. The van der Waals surface area contributed by atoms with Crippen molar-refractivity contribution >= 4 is 43.3 Å². The Morgan fingerprint density at radius 3 is 2.39 bits per heavy atom. The molecule has 0 saturated carbocycles. The van der Waals surface area contributed by atoms with E-state index in [4.69, 9.17) is 14.7 Å². The number of hydrogen-bond donors (Lipinski definition) is 1. The summed E-state index contributed by atoms with van der Waals surface area (Å²) in [6.45, 7) is 10.2. The Hall–Kier alpha value is -2.45. The number of sulfonamides is 1. The van der Waals surface area contributed by atoms with Gasteiger partial charge >= 0.3 is 0 Å². The molecule has 0 amide bonds. The van der Waals surface area contributed by atoms with Crippen LogP contribution in [0.5, 0.6) is 0 Å². The summed E-state index contributed by atoms with van der Waals surface area (Å²) in [5.74, 6) is 2.10. The smallest absolute Gasteiger partial charge is 0.222 e. The van der Waals surface area contributed by atoms with E-state index < -0.39 is 10.0 Å². The number of thiophene rings is 1. The SMILES string of the molecule is CC(C)Nc1ncc(-c2nc(N3CCOCC3)c3cc(CN4CCN(S(C)(=O)=O)CC4)sc3n2)cn1. The molecule has 0 aliphatic carbocycles. The maximum Gasteiger partial charge on any atom is 0.222 e. The van der Waals surface area contributed by atoms with E-state index in [0.29, 0.717) is 51.2 Å². The Balaban J connectivity index is 1.43. The average Bonchev–Trinajstić information content (AvgIpc) is 3.26. The average molecular weight is 533 g/mol. The van der Waals surface area contributed by atoms with Gasteiger partial charge in [-0.2, -0.15) is 4.31 Å². The van der Waals surface area contributed by atoms with E-state index in [1.54, 1.807) is 28.0 Å². The quantitative estimate of drug-likeness (QED) is 0.483. The highest BCUT2D eigenvalue weighted by Gasteiger charge is 2.25. The van der Waals surface area contributed by atoms with Crippen LogP contribution in [0, 0.1) is 0 Å². The first kappa shape index (κ1) is 25.2. The van der Waals surface area contributed by atoms with Gasteiger partial charge in [0.15, 0.2) is 5.82 Å². The molecule has 1 N–H and O–H groups in total. The molecule has 0 radical (unpaired) electrons. The highest BCUT2D eigenvalue weighted by Crippen LogP contribution is 2.34. The number of anilines is 2. The second-order valence-electron chi connectivity index (χ2n) is 9.43. The Morgan fingerprint density at radius 2 is 1.75 bits per heavy atom. The van der Waals surface area contributed by atoms with Gasteiger partial charge < -0.3 is 15.0 Å². The molecular weight excluding hydrogens is 500 g/mol. The largest absolute Gasteiger partial charge is 0.378 e. The van der Waals surface area contributed by atoms with Crippen LogP contribution in [0.1, 0.15) is 18.7 Å². The summed E-state index contributed by atoms with van der Waals surface area (Å²) < 4.78 is 30.8. The summed E-state index contributed by atoms with van der Waals surface area (Å²) >= 11 is 1.66. The minimum Gasteiger partial charge on any atom is -0.378 e. The van der Waals surface area contributed by atoms with Gasteiger partial charge in [0.2, 0.25) is 16.0 Å². The van der Waals surface area contributed by atoms with E-state index in [0.717, 1.165) is 41.2 Å². The van der Waals surface area contributed by atoms with Crippen LogP contribution < -0.4 is 10.2 Å². The lowest BCUT2D eigenvalue weighted by Gasteiger charge is -2.32. The summed E-state index contributed by atoms with van der Waals surface area (Å²) in [5, 5.41) is 4.24. The van der Waals surface area contributed by atoms with Crippen molar-refractivity contribution in [1.29, 1.82) is 0 Å². The number of aromatic nitrogens is 4. The van der Waals surface area contributed by atoms with E-state index in [1.165, 1.54) is 11.1 Å². The summed E-state index contributed by atoms with van der Waals surface area (Å²) in [6, 6.07) is 2.43. The summed E-state index contributed by atoms with van der Waals surface area (Å²) in [6.07, 6.45) is 4.80. The van der Waals surface area contributed by atoms with Crippen LogP contribution in [0.2, 0.25) is 0 Å². The minimum atomic E-state index is -3.14. The van der Waals surface area contributed by atoms with Gasteiger partial charge in [-0.1, -0.05) is 0 Å². The molecule has 3 aromatic heterocycles. The van der Waals surface area contributed by atoms with Gasteiger partial charge in [-0.15, -0.1) is 11.3 Å². The maximum absolute atomic E-state index is 11.8. The van der Waals surface area contributed by atoms with Crippen LogP contribution in [0.3, 0.4) is 0 Å². The second kappa shape index (κ2) is 10.5. The highest BCUT2D eigenvalue weighted by atomic mass is 32.2. The summed E-state index contributed by atoms with van der Waals surface area (Å²) in [4.78, 5) is 25.4. The topological polar surface area (TPSA) is 117 Å². The molecule has 13 heteroatoms. The van der Waals surface area contributed by atoms with Gasteiger partial charge in [0, 0.05) is 69.1 Å². The lowest BCUT2D eigenvalue weighted by molar-refractivity contribution is 0.122. The van der Waals surface area contributed by atoms with E-state index in [9.17, 15) is 8.42 Å². The minimum absolute atomic E-state index is 0.246. The van der Waals surface area contributed by atoms with Crippen LogP contribution in [0.25, 0.3) is 21.6 Å². The molecule has 3 aromatic rings. The molecule has 0 atom stereocenters. The van der Waals surface area contributed by atoms with Crippen molar-refractivity contribution < 1.29 is 13.2 Å². The van der Waals surface area contributed by atoms with E-state index >= 15 is 0 Å². The molecule has 2 saturated heterocycles. The fraction of sp³-hybridized carbons (Fsp3) is 0.565. The van der Waals surface area contributed by atoms with Crippen molar-refractivity contribution in [2.75, 3.05) is 69.0 Å². The third-order valence-electron chi connectivity index (χ3n) is 6.24. The Labute approximate surface area is 215 Å². The van der Waals surface area contributed by atoms with Crippen LogP contribution in [-0.4, -0.2) is 102 Å². The first-order valence-corrected chi connectivity index (χ1v) is 14.8. The lowest BCUT2D eigenvalue weighted by atomic mass is 10.2. The molecule has 2 aliphatic heterocycles. The molecule has 0 bridgehead atoms. The molecule has 2 aliphatic rings. The zero-order valence-electron chi connectivity index (χ0n) is 20.8. The van der Waals surface area contributed by atoms with Crippen LogP contribution in [0.4, 0.5) is 11.8 Å². The fourth-order valence-corrected chi connectivity index (χ4v) is 6.29. The lowest BCUT2D eigenvalue weighted by Crippen LogP contribution is -2.47. The van der Waals surface area contributed by atoms with E-state index in [1.807, 2.05) is 13.8 Å². The molecular formula is C23H32N8O3S2. The number of ether oxygens (including phenoxy) is 1. The number of nitrogens with zero attached hydrogens (tertiary/aromatic N) is 7. The number of morpholine rings is 1. The molecule has 0 unspecified atom stereocenters. The van der Waals surface area contributed by atoms with Crippen molar-refractivity contribution in [3.8, 4) is 11.4 Å². The predicted molar refractivity (Wildman–Crippen MR) is 142 cm³/mol. The van der Waals surface area contributed by atoms with E-state index in [2.05, 4.69) is 31.2 Å². The number of piperazine rings is 1. The van der Waals surface area contributed by atoms with Crippen molar-refractivity contribution in [3.63, 3.8) is 0 Å². The third kappa shape index (κ3) is 5.75. The monoisotopic (exact) mass is 532 g/mol. The van der Waals surface area contributed by atoms with Gasteiger partial charge in [0.05, 0.1) is 30.4 Å². The third-order valence-corrected chi connectivity index (χ3v) is 8.56. The highest BCUT2D eigenvalue weighted by molar-refractivity contribution is 7.88. The standard InChI is InChI=1S/C23H32N8O3S2/c1-16(2)26-23-24-13-17(14-25-23)20-27-21(30-8-10-34-11-9-30)19-12-18(35-22(19)28-20)15-29-4-6-31(7-5-29)36(3,32)33/h12-14,16H,4-11,15H2,1-3H3,(H,24,25,26). The molecule has 194 valence electrons. The number of fused-ring (bicyclic) bond motifs is 1. The number of rotatable bonds is 7. The van der Waals surface area contributed by atoms with Crippen LogP contribution >= 0.6 is 11.3 Å². The van der Waals surface area contributed by atoms with Gasteiger partial charge in [0.1, 0.15) is 10.6 Å². The first-order chi connectivity index (χ1) is 17.3. The van der Waals surface area contributed by atoms with Crippen molar-refractivity contribution in [3.05, 3.63) is 23.3 Å². The molecule has 0 aromatic carbocycles. The predicted octanol–water partition coefficient (Wildman–Crippen LogP) is 1.88. The first-order valence-electron chi connectivity index (χ1n) is 12.2. The molecule has 5 rings (SSSR count). The molecule has 0 spiro atoms. The van der Waals surface area contributed by atoms with Gasteiger partial charge in [-0.05, 0) is 19.9 Å². The zero-order valence-corrected chi connectivity index (χ0v) is 22.5. The zero-order chi connectivity index (χ0) is 25.3. The van der Waals surface area contributed by atoms with Crippen molar-refractivity contribution in [2.45, 2.75) is 26.4 Å². The van der Waals surface area contributed by atoms with Gasteiger partial charge in [-0.25, -0.2) is 28.4 Å². The Kier molecular flexibility index (Phi) is 7.35. The molecule has 2 fully saturated rings. The fourth-order valence-electron chi connectivity index (χ4n) is 4.40.